The van der Waals surface area contributed by atoms with Crippen molar-refractivity contribution in [1.82, 2.24) is 4.90 Å². The molecule has 0 aromatic carbocycles. The first-order valence-corrected chi connectivity index (χ1v) is 5.90. The molecule has 0 unspecified atom stereocenters. The maximum atomic E-state index is 11.4. The Balaban J connectivity index is 3.95. The van der Waals surface area contributed by atoms with Crippen molar-refractivity contribution in [3.8, 4) is 0 Å². The second kappa shape index (κ2) is 8.86. The lowest BCUT2D eigenvalue weighted by Crippen LogP contribution is -2.35. The largest absolute Gasteiger partial charge is 0.377 e. The highest BCUT2D eigenvalue weighted by atomic mass is 16.5. The third-order valence-electron chi connectivity index (χ3n) is 2.82. The van der Waals surface area contributed by atoms with Gasteiger partial charge in [-0.15, -0.1) is 0 Å². The van der Waals surface area contributed by atoms with E-state index in [0.717, 1.165) is 13.1 Å². The molecule has 0 amide bonds. The van der Waals surface area contributed by atoms with Crippen LogP contribution in [0.5, 0.6) is 0 Å². The molecule has 90 valence electrons. The monoisotopic (exact) mass is 215 g/mol. The molecule has 0 saturated heterocycles. The second-order valence-corrected chi connectivity index (χ2v) is 3.98. The smallest absolute Gasteiger partial charge is 0.172 e. The number of rotatable bonds is 9. The van der Waals surface area contributed by atoms with Crippen LogP contribution >= 0.6 is 0 Å². The summed E-state index contributed by atoms with van der Waals surface area (Å²) in [6.45, 7) is 9.24. The van der Waals surface area contributed by atoms with Crippen LogP contribution in [0.1, 0.15) is 33.6 Å². The molecule has 0 aliphatic heterocycles. The molecule has 0 heterocycles. The Morgan fingerprint density at radius 3 is 2.27 bits per heavy atom. The topological polar surface area (TPSA) is 29.5 Å². The van der Waals surface area contributed by atoms with Crippen molar-refractivity contribution >= 4 is 5.78 Å². The van der Waals surface area contributed by atoms with Crippen LogP contribution in [-0.4, -0.2) is 44.0 Å². The highest BCUT2D eigenvalue weighted by Gasteiger charge is 2.12. The number of carbonyl (C=O) groups is 1. The van der Waals surface area contributed by atoms with Gasteiger partial charge in [0.2, 0.25) is 0 Å². The third-order valence-corrected chi connectivity index (χ3v) is 2.82. The Hall–Kier alpha value is -0.410. The summed E-state index contributed by atoms with van der Waals surface area (Å²) >= 11 is 0. The summed E-state index contributed by atoms with van der Waals surface area (Å²) in [7, 11) is 1.56. The number of Topliss-reactive ketones (excluding diaryl/α,β-unsaturated/α-hetero) is 1. The molecule has 0 aromatic heterocycles. The number of nitrogens with zero attached hydrogens (tertiary/aromatic N) is 1. The van der Waals surface area contributed by atoms with Crippen molar-refractivity contribution in [3.05, 3.63) is 0 Å². The van der Waals surface area contributed by atoms with Gasteiger partial charge in [0.15, 0.2) is 5.78 Å². The number of carbonyl (C=O) groups excluding carboxylic acids is 1. The summed E-state index contributed by atoms with van der Waals surface area (Å²) in [5, 5.41) is 0. The average molecular weight is 215 g/mol. The van der Waals surface area contributed by atoms with Gasteiger partial charge >= 0.3 is 0 Å². The highest BCUT2D eigenvalue weighted by Crippen LogP contribution is 2.09. The Morgan fingerprint density at radius 2 is 1.87 bits per heavy atom. The summed E-state index contributed by atoms with van der Waals surface area (Å²) in [6, 6.07) is 0. The van der Waals surface area contributed by atoms with E-state index in [0.29, 0.717) is 12.5 Å². The van der Waals surface area contributed by atoms with Crippen LogP contribution in [0.3, 0.4) is 0 Å². The zero-order chi connectivity index (χ0) is 11.7. The van der Waals surface area contributed by atoms with Crippen LogP contribution in [0, 0.1) is 5.92 Å². The van der Waals surface area contributed by atoms with Crippen molar-refractivity contribution in [3.63, 3.8) is 0 Å². The maximum absolute atomic E-state index is 11.4. The second-order valence-electron chi connectivity index (χ2n) is 3.98. The fraction of sp³-hybridized carbons (Fsp3) is 0.917. The first-order valence-electron chi connectivity index (χ1n) is 5.90. The molecule has 0 atom stereocenters. The SMILES string of the molecule is CCC(CC)CN(CC)CC(=O)COC. The van der Waals surface area contributed by atoms with Crippen molar-refractivity contribution < 1.29 is 9.53 Å². The summed E-state index contributed by atoms with van der Waals surface area (Å²) in [5.41, 5.74) is 0. The van der Waals surface area contributed by atoms with Crippen LogP contribution in [0.15, 0.2) is 0 Å². The minimum absolute atomic E-state index is 0.172. The van der Waals surface area contributed by atoms with Crippen LogP contribution in [0.25, 0.3) is 0 Å². The average Bonchev–Trinajstić information content (AvgIpc) is 2.24. The Labute approximate surface area is 93.8 Å². The first kappa shape index (κ1) is 14.6. The van der Waals surface area contributed by atoms with Gasteiger partial charge in [0.25, 0.3) is 0 Å². The first-order chi connectivity index (χ1) is 7.17. The number of likely N-dealkylation sites (N-methyl/N-ethyl adjacent to an activating group) is 1. The third kappa shape index (κ3) is 6.63. The zero-order valence-corrected chi connectivity index (χ0v) is 10.6. The van der Waals surface area contributed by atoms with Gasteiger partial charge in [0, 0.05) is 13.7 Å². The Morgan fingerprint density at radius 1 is 1.27 bits per heavy atom. The van der Waals surface area contributed by atoms with Crippen molar-refractivity contribution in [2.75, 3.05) is 33.4 Å². The van der Waals surface area contributed by atoms with Crippen molar-refractivity contribution in [1.29, 1.82) is 0 Å². The Bertz CT molecular complexity index is 167. The molecule has 3 nitrogen and oxygen atoms in total. The molecule has 0 rings (SSSR count). The van der Waals surface area contributed by atoms with E-state index in [9.17, 15) is 4.79 Å². The number of ketones is 1. The molecule has 0 spiro atoms. The molecule has 0 aromatic rings. The number of hydrogen-bond donors (Lipinski definition) is 0. The Kier molecular flexibility index (Phi) is 8.62. The van der Waals surface area contributed by atoms with E-state index in [2.05, 4.69) is 25.7 Å². The van der Waals surface area contributed by atoms with Crippen molar-refractivity contribution in [2.45, 2.75) is 33.6 Å². The molecule has 0 fully saturated rings. The van der Waals surface area contributed by atoms with Gasteiger partial charge in [-0.2, -0.15) is 0 Å². The van der Waals surface area contributed by atoms with E-state index in [1.54, 1.807) is 7.11 Å². The van der Waals surface area contributed by atoms with Crippen LogP contribution < -0.4 is 0 Å². The van der Waals surface area contributed by atoms with Gasteiger partial charge in [0.05, 0.1) is 6.54 Å². The molecule has 0 saturated carbocycles. The van der Waals surface area contributed by atoms with E-state index in [1.165, 1.54) is 12.8 Å². The highest BCUT2D eigenvalue weighted by molar-refractivity contribution is 5.81. The predicted octanol–water partition coefficient (Wildman–Crippen LogP) is 1.96. The van der Waals surface area contributed by atoms with E-state index < -0.39 is 0 Å². The lowest BCUT2D eigenvalue weighted by molar-refractivity contribution is -0.123. The van der Waals surface area contributed by atoms with Gasteiger partial charge in [-0.1, -0.05) is 33.6 Å². The van der Waals surface area contributed by atoms with E-state index in [-0.39, 0.29) is 12.4 Å². The standard InChI is InChI=1S/C12H25NO2/c1-5-11(6-2)8-13(7-3)9-12(14)10-15-4/h11H,5-10H2,1-4H3. The zero-order valence-electron chi connectivity index (χ0n) is 10.6. The quantitative estimate of drug-likeness (QED) is 0.589. The molecule has 3 heteroatoms. The summed E-state index contributed by atoms with van der Waals surface area (Å²) < 4.78 is 4.83. The summed E-state index contributed by atoms with van der Waals surface area (Å²) in [4.78, 5) is 13.6. The normalized spacial score (nSPS) is 11.3. The minimum Gasteiger partial charge on any atom is -0.377 e. The van der Waals surface area contributed by atoms with Gasteiger partial charge in [-0.25, -0.2) is 0 Å². The van der Waals surface area contributed by atoms with Crippen LogP contribution in [-0.2, 0) is 9.53 Å². The fourth-order valence-corrected chi connectivity index (χ4v) is 1.67. The fourth-order valence-electron chi connectivity index (χ4n) is 1.67. The molecular weight excluding hydrogens is 190 g/mol. The summed E-state index contributed by atoms with van der Waals surface area (Å²) in [6.07, 6.45) is 2.37. The number of ether oxygens (including phenoxy) is 1. The molecule has 15 heavy (non-hydrogen) atoms. The van der Waals surface area contributed by atoms with Gasteiger partial charge < -0.3 is 4.74 Å². The summed E-state index contributed by atoms with van der Waals surface area (Å²) in [5.74, 6) is 0.880. The number of methoxy groups -OCH3 is 1. The number of hydrogen-bond acceptors (Lipinski definition) is 3. The van der Waals surface area contributed by atoms with E-state index in [1.807, 2.05) is 0 Å². The molecule has 0 aliphatic rings. The van der Waals surface area contributed by atoms with Gasteiger partial charge in [-0.05, 0) is 12.5 Å². The predicted molar refractivity (Wildman–Crippen MR) is 63.1 cm³/mol. The molecule has 0 bridgehead atoms. The van der Waals surface area contributed by atoms with Crippen LogP contribution in [0.4, 0.5) is 0 Å². The van der Waals surface area contributed by atoms with Gasteiger partial charge in [-0.3, -0.25) is 9.69 Å². The van der Waals surface area contributed by atoms with Crippen molar-refractivity contribution in [2.24, 2.45) is 5.92 Å². The molecule has 0 radical (unpaired) electrons. The van der Waals surface area contributed by atoms with E-state index in [4.69, 9.17) is 4.74 Å². The van der Waals surface area contributed by atoms with Gasteiger partial charge in [0.1, 0.15) is 6.61 Å². The minimum atomic E-state index is 0.172. The lowest BCUT2D eigenvalue weighted by Gasteiger charge is -2.24. The molecule has 0 aliphatic carbocycles. The van der Waals surface area contributed by atoms with E-state index >= 15 is 0 Å². The molecular formula is C12H25NO2. The maximum Gasteiger partial charge on any atom is 0.172 e. The van der Waals surface area contributed by atoms with Crippen LogP contribution in [0.2, 0.25) is 0 Å². The lowest BCUT2D eigenvalue weighted by atomic mass is 10.0. The molecule has 0 N–H and O–H groups in total.